The molecule has 0 aliphatic heterocycles. The summed E-state index contributed by atoms with van der Waals surface area (Å²) in [5, 5.41) is 1.15. The second kappa shape index (κ2) is 15.9. The fourth-order valence-electron chi connectivity index (χ4n) is 6.38. The van der Waals surface area contributed by atoms with Gasteiger partial charge in [-0.1, -0.05) is 85.3 Å². The summed E-state index contributed by atoms with van der Waals surface area (Å²) < 4.78 is 6.29. The number of aryl methyl sites for hydroxylation is 6. The van der Waals surface area contributed by atoms with Crippen LogP contribution in [0.15, 0.2) is 138 Å². The van der Waals surface area contributed by atoms with Crippen molar-refractivity contribution >= 4 is 11.0 Å². The molecule has 0 saturated carbocycles. The summed E-state index contributed by atoms with van der Waals surface area (Å²) in [4.78, 5) is 9.21. The van der Waals surface area contributed by atoms with Crippen molar-refractivity contribution in [1.29, 1.82) is 0 Å². The Bertz CT molecular complexity index is 2460. The van der Waals surface area contributed by atoms with Crippen LogP contribution < -0.4 is 0 Å². The molecule has 5 aromatic carbocycles. The second-order valence-electron chi connectivity index (χ2n) is 13.3. The molecule has 1 radical (unpaired) electrons. The number of fused-ring (bicyclic) bond motifs is 1. The molecule has 259 valence electrons. The summed E-state index contributed by atoms with van der Waals surface area (Å²) in [7, 11) is 0. The van der Waals surface area contributed by atoms with Crippen molar-refractivity contribution in [2.24, 2.45) is 0 Å². The van der Waals surface area contributed by atoms with Gasteiger partial charge in [-0.05, 0) is 91.5 Å². The first-order valence-corrected chi connectivity index (χ1v) is 17.3. The molecular formula is C48H40IrN2O-2. The van der Waals surface area contributed by atoms with Crippen LogP contribution >= 0.6 is 0 Å². The largest absolute Gasteiger partial charge is 0.456 e. The Morgan fingerprint density at radius 1 is 0.519 bits per heavy atom. The van der Waals surface area contributed by atoms with Gasteiger partial charge < -0.3 is 14.4 Å². The number of aromatic nitrogens is 2. The number of rotatable bonds is 5. The summed E-state index contributed by atoms with van der Waals surface area (Å²) in [5.41, 5.74) is 18.0. The molecule has 0 amide bonds. The van der Waals surface area contributed by atoms with Gasteiger partial charge in [0, 0.05) is 49.0 Å². The molecule has 4 heteroatoms. The van der Waals surface area contributed by atoms with E-state index in [1.807, 2.05) is 48.8 Å². The fraction of sp³-hybridized carbons (Fsp3) is 0.125. The summed E-state index contributed by atoms with van der Waals surface area (Å²) >= 11 is 0. The van der Waals surface area contributed by atoms with Gasteiger partial charge in [0.25, 0.3) is 0 Å². The van der Waals surface area contributed by atoms with Gasteiger partial charge in [0.2, 0.25) is 0 Å². The summed E-state index contributed by atoms with van der Waals surface area (Å²) in [6.07, 6.45) is 3.89. The quantitative estimate of drug-likeness (QED) is 0.162. The maximum Gasteiger partial charge on any atom is 0.138 e. The number of nitrogens with zero attached hydrogens (tertiary/aromatic N) is 2. The Morgan fingerprint density at radius 3 is 1.87 bits per heavy atom. The van der Waals surface area contributed by atoms with Gasteiger partial charge in [0.15, 0.2) is 0 Å². The molecule has 0 aliphatic rings. The van der Waals surface area contributed by atoms with E-state index in [4.69, 9.17) is 9.40 Å². The first kappa shape index (κ1) is 36.4. The van der Waals surface area contributed by atoms with Crippen LogP contribution in [0.4, 0.5) is 0 Å². The fourth-order valence-corrected chi connectivity index (χ4v) is 6.38. The monoisotopic (exact) mass is 853 g/mol. The number of pyridine rings is 2. The Hall–Kier alpha value is -5.41. The zero-order chi connectivity index (χ0) is 35.5. The van der Waals surface area contributed by atoms with Crippen molar-refractivity contribution in [3.63, 3.8) is 0 Å². The molecule has 8 aromatic rings. The van der Waals surface area contributed by atoms with Gasteiger partial charge in [-0.25, -0.2) is 0 Å². The van der Waals surface area contributed by atoms with Gasteiger partial charge in [-0.3, -0.25) is 0 Å². The third kappa shape index (κ3) is 7.74. The van der Waals surface area contributed by atoms with Crippen molar-refractivity contribution in [2.45, 2.75) is 41.5 Å². The molecule has 0 bridgehead atoms. The topological polar surface area (TPSA) is 38.9 Å². The maximum absolute atomic E-state index is 6.29. The zero-order valence-electron chi connectivity index (χ0n) is 30.3. The van der Waals surface area contributed by atoms with Crippen molar-refractivity contribution in [3.05, 3.63) is 179 Å². The van der Waals surface area contributed by atoms with Gasteiger partial charge in [-0.15, -0.1) is 70.8 Å². The third-order valence-electron chi connectivity index (χ3n) is 9.52. The van der Waals surface area contributed by atoms with E-state index >= 15 is 0 Å². The Morgan fingerprint density at radius 2 is 1.19 bits per heavy atom. The van der Waals surface area contributed by atoms with E-state index in [1.165, 1.54) is 38.9 Å². The first-order valence-electron chi connectivity index (χ1n) is 17.3. The summed E-state index contributed by atoms with van der Waals surface area (Å²) in [6.45, 7) is 12.7. The van der Waals surface area contributed by atoms with E-state index < -0.39 is 0 Å². The Balaban J connectivity index is 0.000000244. The van der Waals surface area contributed by atoms with Crippen molar-refractivity contribution in [3.8, 4) is 56.1 Å². The average Bonchev–Trinajstić information content (AvgIpc) is 3.63. The molecule has 0 aliphatic carbocycles. The Labute approximate surface area is 320 Å². The van der Waals surface area contributed by atoms with Crippen molar-refractivity contribution in [1.82, 2.24) is 9.97 Å². The Kier molecular flexibility index (Phi) is 11.1. The minimum Gasteiger partial charge on any atom is -0.456 e. The molecule has 0 saturated heterocycles. The standard InChI is InChI=1S/C34H26NO.C14H14N.Ir/c1-22-18-32(35-21-31(22)25-11-6-4-7-12-25)28-16-10-15-27(19-28)29-17-23(2)34-30(24(29)3)20-33(36-34)26-13-8-5-9-14-26;1-10-4-6-13(7-5-10)14-8-11(2)12(3)9-15-14;/h4-15,17-21H,1-3H3;4-6,8-9H,1-3H3;/q2*-1;. The number of benzene rings is 5. The van der Waals surface area contributed by atoms with Crippen LogP contribution in [0.2, 0.25) is 0 Å². The molecule has 3 nitrogen and oxygen atoms in total. The zero-order valence-corrected chi connectivity index (χ0v) is 32.7. The molecule has 0 atom stereocenters. The molecule has 3 aromatic heterocycles. The van der Waals surface area contributed by atoms with E-state index in [0.29, 0.717) is 0 Å². The van der Waals surface area contributed by atoms with E-state index in [1.54, 1.807) is 0 Å². The van der Waals surface area contributed by atoms with Gasteiger partial charge in [0.1, 0.15) is 11.3 Å². The minimum absolute atomic E-state index is 0. The molecule has 52 heavy (non-hydrogen) atoms. The van der Waals surface area contributed by atoms with Crippen LogP contribution in [0.3, 0.4) is 0 Å². The molecule has 0 spiro atoms. The van der Waals surface area contributed by atoms with E-state index in [9.17, 15) is 0 Å². The smallest absolute Gasteiger partial charge is 0.138 e. The van der Waals surface area contributed by atoms with E-state index in [2.05, 4.69) is 144 Å². The number of hydrogen-bond acceptors (Lipinski definition) is 3. The predicted molar refractivity (Wildman–Crippen MR) is 212 cm³/mol. The third-order valence-corrected chi connectivity index (χ3v) is 9.52. The molecule has 3 heterocycles. The maximum atomic E-state index is 6.29. The van der Waals surface area contributed by atoms with Crippen LogP contribution in [-0.4, -0.2) is 9.97 Å². The molecule has 8 rings (SSSR count). The molecule has 0 fully saturated rings. The predicted octanol–water partition coefficient (Wildman–Crippen LogP) is 12.7. The average molecular weight is 853 g/mol. The minimum atomic E-state index is 0. The van der Waals surface area contributed by atoms with Crippen molar-refractivity contribution < 1.29 is 24.5 Å². The van der Waals surface area contributed by atoms with Crippen LogP contribution in [0, 0.1) is 53.7 Å². The molecule has 0 unspecified atom stereocenters. The van der Waals surface area contributed by atoms with Crippen LogP contribution in [0.5, 0.6) is 0 Å². The second-order valence-corrected chi connectivity index (χ2v) is 13.3. The van der Waals surface area contributed by atoms with Crippen LogP contribution in [-0.2, 0) is 20.1 Å². The SMILES string of the molecule is Cc1c[c-]c(-c2cc(C)c(C)cn2)cc1.Cc1cc(-c2[c-]ccc(-c3cc(C)c4oc(-c5ccccc5)cc4c3C)c2)ncc1-c1ccccc1.[Ir]. The first-order chi connectivity index (χ1) is 24.7. The normalized spacial score (nSPS) is 10.7. The van der Waals surface area contributed by atoms with Gasteiger partial charge in [0.05, 0.1) is 0 Å². The van der Waals surface area contributed by atoms with Crippen LogP contribution in [0.25, 0.3) is 67.1 Å². The summed E-state index contributed by atoms with van der Waals surface area (Å²) in [5.74, 6) is 0.897. The van der Waals surface area contributed by atoms with Gasteiger partial charge >= 0.3 is 0 Å². The molecular weight excluding hydrogens is 813 g/mol. The summed E-state index contributed by atoms with van der Waals surface area (Å²) in [6, 6.07) is 48.4. The molecule has 0 N–H and O–H groups in total. The van der Waals surface area contributed by atoms with Crippen molar-refractivity contribution in [2.75, 3.05) is 0 Å². The van der Waals surface area contributed by atoms with E-state index in [0.717, 1.165) is 61.5 Å². The van der Waals surface area contributed by atoms with Crippen LogP contribution in [0.1, 0.15) is 33.4 Å². The number of hydrogen-bond donors (Lipinski definition) is 0. The van der Waals surface area contributed by atoms with Gasteiger partial charge in [-0.2, -0.15) is 0 Å². The van der Waals surface area contributed by atoms with E-state index in [-0.39, 0.29) is 20.1 Å². The number of furan rings is 1.